The van der Waals surface area contributed by atoms with E-state index in [-0.39, 0.29) is 22.9 Å². The van der Waals surface area contributed by atoms with Crippen LogP contribution in [0.1, 0.15) is 37.8 Å². The summed E-state index contributed by atoms with van der Waals surface area (Å²) in [5, 5.41) is 2.45. The van der Waals surface area contributed by atoms with Crippen LogP contribution in [0, 0.1) is 0 Å². The summed E-state index contributed by atoms with van der Waals surface area (Å²) in [7, 11) is -3.13. The summed E-state index contributed by atoms with van der Waals surface area (Å²) in [6.07, 6.45) is -3.99. The van der Waals surface area contributed by atoms with Crippen molar-refractivity contribution in [1.29, 1.82) is 0 Å². The lowest BCUT2D eigenvalue weighted by atomic mass is 10.1. The highest BCUT2D eigenvalue weighted by atomic mass is 35.5. The number of nitrogens with zero attached hydrogens (tertiary/aromatic N) is 2. The molecule has 0 fully saturated rings. The van der Waals surface area contributed by atoms with E-state index in [1.807, 2.05) is 6.92 Å². The van der Waals surface area contributed by atoms with E-state index < -0.39 is 51.9 Å². The van der Waals surface area contributed by atoms with E-state index in [9.17, 15) is 31.2 Å². The van der Waals surface area contributed by atoms with Gasteiger partial charge >= 0.3 is 6.18 Å². The van der Waals surface area contributed by atoms with Crippen LogP contribution in [0.2, 0.25) is 5.02 Å². The summed E-state index contributed by atoms with van der Waals surface area (Å²) in [6, 6.07) is 15.0. The Hall–Kier alpha value is -3.77. The summed E-state index contributed by atoms with van der Waals surface area (Å²) in [6.45, 7) is 2.88. The molecule has 3 aromatic rings. The van der Waals surface area contributed by atoms with Crippen molar-refractivity contribution in [3.63, 3.8) is 0 Å². The molecule has 0 heterocycles. The first-order valence-electron chi connectivity index (χ1n) is 13.5. The Balaban J connectivity index is 2.15. The van der Waals surface area contributed by atoms with Crippen LogP contribution in [0.15, 0.2) is 77.7 Å². The van der Waals surface area contributed by atoms with Crippen molar-refractivity contribution in [2.75, 3.05) is 24.5 Å². The lowest BCUT2D eigenvalue weighted by molar-refractivity contribution is -0.140. The SMILES string of the molecule is CCCNC(=O)[C@@H](CC)N(Cc1cccc(OC)c1)C(=O)CN(c1cc(C(F)(F)F)ccc1Cl)S(=O)(=O)c1ccccc1. The van der Waals surface area contributed by atoms with Gasteiger partial charge in [-0.1, -0.05) is 55.8 Å². The van der Waals surface area contributed by atoms with E-state index >= 15 is 0 Å². The normalized spacial score (nSPS) is 12.3. The van der Waals surface area contributed by atoms with Crippen LogP contribution in [0.4, 0.5) is 18.9 Å². The molecule has 1 atom stereocenters. The highest BCUT2D eigenvalue weighted by molar-refractivity contribution is 7.92. The summed E-state index contributed by atoms with van der Waals surface area (Å²) >= 11 is 6.28. The number of hydrogen-bond acceptors (Lipinski definition) is 5. The van der Waals surface area contributed by atoms with Crippen LogP contribution in [0.5, 0.6) is 5.75 Å². The summed E-state index contributed by atoms with van der Waals surface area (Å²) in [5.41, 5.74) is -1.09. The van der Waals surface area contributed by atoms with Crippen LogP contribution >= 0.6 is 11.6 Å². The van der Waals surface area contributed by atoms with Gasteiger partial charge in [0.25, 0.3) is 10.0 Å². The fraction of sp³-hybridized carbons (Fsp3) is 0.333. The molecule has 0 aliphatic heterocycles. The molecule has 1 N–H and O–H groups in total. The van der Waals surface area contributed by atoms with Gasteiger partial charge in [-0.05, 0) is 60.9 Å². The van der Waals surface area contributed by atoms with Crippen molar-refractivity contribution in [3.8, 4) is 5.75 Å². The van der Waals surface area contributed by atoms with Gasteiger partial charge in [0.2, 0.25) is 11.8 Å². The monoisotopic (exact) mass is 639 g/mol. The molecule has 8 nitrogen and oxygen atoms in total. The van der Waals surface area contributed by atoms with E-state index in [0.717, 1.165) is 12.1 Å². The third kappa shape index (κ3) is 8.41. The second kappa shape index (κ2) is 14.6. The maximum absolute atomic E-state index is 14.1. The first kappa shape index (κ1) is 33.7. The Kier molecular flexibility index (Phi) is 11.5. The Morgan fingerprint density at radius 3 is 2.30 bits per heavy atom. The molecule has 3 rings (SSSR count). The van der Waals surface area contributed by atoms with Crippen molar-refractivity contribution in [1.82, 2.24) is 10.2 Å². The summed E-state index contributed by atoms with van der Waals surface area (Å²) < 4.78 is 74.6. The number of halogens is 4. The summed E-state index contributed by atoms with van der Waals surface area (Å²) in [4.78, 5) is 28.2. The molecule has 0 bridgehead atoms. The van der Waals surface area contributed by atoms with Gasteiger partial charge in [0, 0.05) is 13.1 Å². The van der Waals surface area contributed by atoms with Crippen LogP contribution in [-0.4, -0.2) is 51.4 Å². The van der Waals surface area contributed by atoms with Crippen molar-refractivity contribution in [2.24, 2.45) is 0 Å². The van der Waals surface area contributed by atoms with Crippen molar-refractivity contribution in [3.05, 3.63) is 88.9 Å². The predicted molar refractivity (Wildman–Crippen MR) is 158 cm³/mol. The van der Waals surface area contributed by atoms with Gasteiger partial charge in [-0.15, -0.1) is 0 Å². The molecule has 0 unspecified atom stereocenters. The maximum atomic E-state index is 14.1. The van der Waals surface area contributed by atoms with Crippen LogP contribution in [0.25, 0.3) is 0 Å². The van der Waals surface area contributed by atoms with Gasteiger partial charge in [0.15, 0.2) is 0 Å². The second-order valence-electron chi connectivity index (χ2n) is 9.58. The molecule has 2 amide bonds. The van der Waals surface area contributed by atoms with Crippen LogP contribution in [0.3, 0.4) is 0 Å². The molecule has 0 saturated carbocycles. The molecule has 0 spiro atoms. The van der Waals surface area contributed by atoms with Gasteiger partial charge < -0.3 is 15.0 Å². The number of sulfonamides is 1. The molecule has 232 valence electrons. The number of ether oxygens (including phenoxy) is 1. The molecule has 0 aliphatic carbocycles. The van der Waals surface area contributed by atoms with Crippen LogP contribution < -0.4 is 14.4 Å². The average molecular weight is 640 g/mol. The Bertz CT molecular complexity index is 1520. The number of carbonyl (C=O) groups is 2. The lowest BCUT2D eigenvalue weighted by Gasteiger charge is -2.33. The van der Waals surface area contributed by atoms with E-state index in [1.165, 1.54) is 36.3 Å². The molecule has 3 aromatic carbocycles. The third-order valence-corrected chi connectivity index (χ3v) is 8.67. The predicted octanol–water partition coefficient (Wildman–Crippen LogP) is 5.90. The Labute approximate surface area is 254 Å². The topological polar surface area (TPSA) is 96.0 Å². The first-order valence-corrected chi connectivity index (χ1v) is 15.3. The number of benzene rings is 3. The Morgan fingerprint density at radius 2 is 1.70 bits per heavy atom. The number of amides is 2. The molecule has 0 saturated heterocycles. The minimum atomic E-state index is -4.81. The zero-order chi connectivity index (χ0) is 31.8. The number of alkyl halides is 3. The molecule has 0 aromatic heterocycles. The smallest absolute Gasteiger partial charge is 0.416 e. The molecular formula is C30H33ClF3N3O5S. The fourth-order valence-electron chi connectivity index (χ4n) is 4.37. The number of carbonyl (C=O) groups excluding carboxylic acids is 2. The van der Waals surface area contributed by atoms with E-state index in [0.29, 0.717) is 34.7 Å². The lowest BCUT2D eigenvalue weighted by Crippen LogP contribution is -2.52. The largest absolute Gasteiger partial charge is 0.497 e. The van der Waals surface area contributed by atoms with Crippen molar-refractivity contribution in [2.45, 2.75) is 50.3 Å². The van der Waals surface area contributed by atoms with Gasteiger partial charge in [0.1, 0.15) is 18.3 Å². The third-order valence-electron chi connectivity index (χ3n) is 6.57. The quantitative estimate of drug-likeness (QED) is 0.251. The number of methoxy groups -OCH3 is 1. The van der Waals surface area contributed by atoms with Crippen molar-refractivity contribution >= 4 is 39.1 Å². The minimum absolute atomic E-state index is 0.108. The molecule has 13 heteroatoms. The number of rotatable bonds is 13. The maximum Gasteiger partial charge on any atom is 0.416 e. The number of anilines is 1. The van der Waals surface area contributed by atoms with Gasteiger partial charge in [-0.2, -0.15) is 13.2 Å². The Morgan fingerprint density at radius 1 is 1.00 bits per heavy atom. The van der Waals surface area contributed by atoms with Crippen LogP contribution in [-0.2, 0) is 32.3 Å². The summed E-state index contributed by atoms with van der Waals surface area (Å²) in [5.74, 6) is -0.776. The fourth-order valence-corrected chi connectivity index (χ4v) is 6.08. The zero-order valence-electron chi connectivity index (χ0n) is 23.9. The zero-order valence-corrected chi connectivity index (χ0v) is 25.5. The van der Waals surface area contributed by atoms with Gasteiger partial charge in [-0.25, -0.2) is 8.42 Å². The number of hydrogen-bond donors (Lipinski definition) is 1. The second-order valence-corrected chi connectivity index (χ2v) is 11.8. The van der Waals surface area contributed by atoms with E-state index in [1.54, 1.807) is 37.3 Å². The molecule has 0 aliphatic rings. The number of nitrogens with one attached hydrogen (secondary N) is 1. The van der Waals surface area contributed by atoms with E-state index in [2.05, 4.69) is 5.32 Å². The molecular weight excluding hydrogens is 607 g/mol. The van der Waals surface area contributed by atoms with Crippen molar-refractivity contribution < 1.29 is 35.9 Å². The minimum Gasteiger partial charge on any atom is -0.497 e. The van der Waals surface area contributed by atoms with Gasteiger partial charge in [0.05, 0.1) is 28.3 Å². The molecule has 43 heavy (non-hydrogen) atoms. The highest BCUT2D eigenvalue weighted by Gasteiger charge is 2.37. The van der Waals surface area contributed by atoms with Gasteiger partial charge in [-0.3, -0.25) is 13.9 Å². The molecule has 0 radical (unpaired) electrons. The average Bonchev–Trinajstić information content (AvgIpc) is 2.98. The highest BCUT2D eigenvalue weighted by Crippen LogP contribution is 2.37. The van der Waals surface area contributed by atoms with E-state index in [4.69, 9.17) is 16.3 Å². The standard InChI is InChI=1S/C30H33ClF3N3O5S/c1-4-16-35-29(39)26(5-2)36(19-21-10-9-11-23(17-21)42-3)28(38)20-37(43(40,41)24-12-7-6-8-13-24)27-18-22(30(32,33)34)14-15-25(27)31/h6-15,17-18,26H,4-5,16,19-20H2,1-3H3,(H,35,39)/t26-/m1/s1. The first-order chi connectivity index (χ1) is 20.3.